The Morgan fingerprint density at radius 1 is 1.15 bits per heavy atom. The number of benzene rings is 2. The Hall–Kier alpha value is -1.80. The van der Waals surface area contributed by atoms with Crippen LogP contribution in [-0.2, 0) is 10.5 Å². The fourth-order valence-corrected chi connectivity index (χ4v) is 4.29. The summed E-state index contributed by atoms with van der Waals surface area (Å²) in [6.07, 6.45) is -0.729. The molecule has 1 aromatic heterocycles. The van der Waals surface area contributed by atoms with E-state index in [0.29, 0.717) is 26.7 Å². The molecule has 1 N–H and O–H groups in total. The summed E-state index contributed by atoms with van der Waals surface area (Å²) in [6, 6.07) is 14.6. The Morgan fingerprint density at radius 3 is 2.59 bits per heavy atom. The fraction of sp³-hybridized carbons (Fsp3) is 0.167. The van der Waals surface area contributed by atoms with Crippen molar-refractivity contribution < 1.29 is 9.53 Å². The standard InChI is InChI=1S/C18H15Cl2N3O2S2/c1-11(25-15-9-5-4-8-14(15)20)16(24)21-17-22-23-18(27-17)26-10-12-6-2-3-7-13(12)19/h2-9,11H,10H2,1H3,(H,21,22,24). The summed E-state index contributed by atoms with van der Waals surface area (Å²) in [6.45, 7) is 1.65. The average molecular weight is 440 g/mol. The summed E-state index contributed by atoms with van der Waals surface area (Å²) in [5.41, 5.74) is 1.02. The highest BCUT2D eigenvalue weighted by molar-refractivity contribution is 8.00. The summed E-state index contributed by atoms with van der Waals surface area (Å²) >= 11 is 15.0. The van der Waals surface area contributed by atoms with E-state index >= 15 is 0 Å². The van der Waals surface area contributed by atoms with E-state index in [2.05, 4.69) is 15.5 Å². The predicted molar refractivity (Wildman–Crippen MR) is 111 cm³/mol. The van der Waals surface area contributed by atoms with Crippen LogP contribution >= 0.6 is 46.3 Å². The number of carbonyl (C=O) groups excluding carboxylic acids is 1. The van der Waals surface area contributed by atoms with Gasteiger partial charge in [-0.05, 0) is 30.7 Å². The van der Waals surface area contributed by atoms with Crippen LogP contribution in [0, 0.1) is 0 Å². The number of aromatic nitrogens is 2. The number of ether oxygens (including phenoxy) is 1. The van der Waals surface area contributed by atoms with Gasteiger partial charge in [-0.25, -0.2) is 0 Å². The van der Waals surface area contributed by atoms with Gasteiger partial charge < -0.3 is 4.74 Å². The van der Waals surface area contributed by atoms with E-state index in [9.17, 15) is 4.79 Å². The summed E-state index contributed by atoms with van der Waals surface area (Å²) in [7, 11) is 0. The molecule has 2 aromatic carbocycles. The molecule has 0 radical (unpaired) electrons. The molecule has 0 aliphatic rings. The largest absolute Gasteiger partial charge is 0.479 e. The lowest BCUT2D eigenvalue weighted by atomic mass is 10.2. The van der Waals surface area contributed by atoms with Gasteiger partial charge in [0.1, 0.15) is 5.75 Å². The highest BCUT2D eigenvalue weighted by Gasteiger charge is 2.18. The summed E-state index contributed by atoms with van der Waals surface area (Å²) in [4.78, 5) is 12.3. The van der Waals surface area contributed by atoms with Gasteiger partial charge in [-0.1, -0.05) is 76.6 Å². The zero-order chi connectivity index (χ0) is 19.2. The number of para-hydroxylation sites is 1. The Balaban J connectivity index is 1.54. The van der Waals surface area contributed by atoms with Crippen LogP contribution in [0.25, 0.3) is 0 Å². The molecule has 1 atom stereocenters. The molecule has 3 rings (SSSR count). The summed E-state index contributed by atoms with van der Waals surface area (Å²) in [5, 5.41) is 12.4. The first-order valence-electron chi connectivity index (χ1n) is 7.94. The van der Waals surface area contributed by atoms with E-state index in [4.69, 9.17) is 27.9 Å². The van der Waals surface area contributed by atoms with Gasteiger partial charge in [-0.3, -0.25) is 10.1 Å². The fourth-order valence-electron chi connectivity index (χ4n) is 2.06. The van der Waals surface area contributed by atoms with Crippen LogP contribution in [0.4, 0.5) is 5.13 Å². The number of amides is 1. The van der Waals surface area contributed by atoms with Crippen molar-refractivity contribution in [2.75, 3.05) is 5.32 Å². The molecule has 9 heteroatoms. The van der Waals surface area contributed by atoms with Gasteiger partial charge in [0.15, 0.2) is 10.4 Å². The normalized spacial score (nSPS) is 11.8. The van der Waals surface area contributed by atoms with E-state index in [1.54, 1.807) is 31.2 Å². The summed E-state index contributed by atoms with van der Waals surface area (Å²) < 4.78 is 6.34. The number of hydrogen-bond acceptors (Lipinski definition) is 6. The molecule has 27 heavy (non-hydrogen) atoms. The lowest BCUT2D eigenvalue weighted by Crippen LogP contribution is -2.30. The first kappa shape index (κ1) is 19.9. The average Bonchev–Trinajstić information content (AvgIpc) is 3.10. The minimum Gasteiger partial charge on any atom is -0.479 e. The van der Waals surface area contributed by atoms with Crippen LogP contribution in [0.5, 0.6) is 5.75 Å². The van der Waals surface area contributed by atoms with Gasteiger partial charge in [0.2, 0.25) is 5.13 Å². The highest BCUT2D eigenvalue weighted by Crippen LogP contribution is 2.30. The number of nitrogens with zero attached hydrogens (tertiary/aromatic N) is 2. The van der Waals surface area contributed by atoms with Crippen molar-refractivity contribution in [3.63, 3.8) is 0 Å². The molecule has 0 aliphatic carbocycles. The van der Waals surface area contributed by atoms with E-state index in [1.165, 1.54) is 23.1 Å². The lowest BCUT2D eigenvalue weighted by molar-refractivity contribution is -0.122. The molecule has 0 saturated carbocycles. The first-order valence-corrected chi connectivity index (χ1v) is 10.5. The second-order valence-electron chi connectivity index (χ2n) is 5.43. The Morgan fingerprint density at radius 2 is 1.85 bits per heavy atom. The monoisotopic (exact) mass is 439 g/mol. The van der Waals surface area contributed by atoms with Crippen molar-refractivity contribution in [1.29, 1.82) is 0 Å². The zero-order valence-electron chi connectivity index (χ0n) is 14.2. The van der Waals surface area contributed by atoms with Gasteiger partial charge in [-0.2, -0.15) is 0 Å². The lowest BCUT2D eigenvalue weighted by Gasteiger charge is -2.14. The van der Waals surface area contributed by atoms with Gasteiger partial charge >= 0.3 is 0 Å². The maximum Gasteiger partial charge on any atom is 0.266 e. The topological polar surface area (TPSA) is 64.1 Å². The Bertz CT molecular complexity index is 936. The minimum atomic E-state index is -0.729. The molecule has 1 heterocycles. The molecule has 0 fully saturated rings. The van der Waals surface area contributed by atoms with Crippen LogP contribution in [0.15, 0.2) is 52.9 Å². The third-order valence-corrected chi connectivity index (χ3v) is 6.16. The summed E-state index contributed by atoms with van der Waals surface area (Å²) in [5.74, 6) is 0.803. The molecule has 140 valence electrons. The number of carbonyl (C=O) groups is 1. The van der Waals surface area contributed by atoms with Crippen molar-refractivity contribution in [3.05, 3.63) is 64.1 Å². The van der Waals surface area contributed by atoms with E-state index in [-0.39, 0.29) is 5.91 Å². The van der Waals surface area contributed by atoms with Crippen LogP contribution in [-0.4, -0.2) is 22.2 Å². The SMILES string of the molecule is CC(Oc1ccccc1Cl)C(=O)Nc1nnc(SCc2ccccc2Cl)s1. The zero-order valence-corrected chi connectivity index (χ0v) is 17.3. The number of anilines is 1. The molecule has 0 bridgehead atoms. The molecule has 0 aliphatic heterocycles. The maximum absolute atomic E-state index is 12.3. The van der Waals surface area contributed by atoms with Gasteiger partial charge in [0.25, 0.3) is 5.91 Å². The van der Waals surface area contributed by atoms with Crippen molar-refractivity contribution >= 4 is 57.3 Å². The number of hydrogen-bond donors (Lipinski definition) is 1. The molecule has 1 amide bonds. The van der Waals surface area contributed by atoms with Crippen LogP contribution in [0.2, 0.25) is 10.0 Å². The molecular formula is C18H15Cl2N3O2S2. The van der Waals surface area contributed by atoms with E-state index in [1.807, 2.05) is 24.3 Å². The van der Waals surface area contributed by atoms with Crippen LogP contribution in [0.3, 0.4) is 0 Å². The number of rotatable bonds is 7. The third-order valence-electron chi connectivity index (χ3n) is 3.46. The quantitative estimate of drug-likeness (QED) is 0.386. The molecule has 0 saturated heterocycles. The minimum absolute atomic E-state index is 0.325. The van der Waals surface area contributed by atoms with Crippen molar-refractivity contribution in [1.82, 2.24) is 10.2 Å². The van der Waals surface area contributed by atoms with Crippen LogP contribution in [0.1, 0.15) is 12.5 Å². The Labute approximate surface area is 175 Å². The number of halogens is 2. The van der Waals surface area contributed by atoms with Crippen molar-refractivity contribution in [3.8, 4) is 5.75 Å². The third kappa shape index (κ3) is 5.59. The predicted octanol–water partition coefficient (Wildman–Crippen LogP) is 5.54. The molecule has 1 unspecified atom stereocenters. The van der Waals surface area contributed by atoms with Crippen LogP contribution < -0.4 is 10.1 Å². The van der Waals surface area contributed by atoms with Gasteiger partial charge in [0, 0.05) is 10.8 Å². The van der Waals surface area contributed by atoms with Crippen molar-refractivity contribution in [2.45, 2.75) is 23.1 Å². The molecule has 5 nitrogen and oxygen atoms in total. The van der Waals surface area contributed by atoms with E-state index in [0.717, 1.165) is 9.90 Å². The molecule has 0 spiro atoms. The highest BCUT2D eigenvalue weighted by atomic mass is 35.5. The maximum atomic E-state index is 12.3. The van der Waals surface area contributed by atoms with Crippen molar-refractivity contribution in [2.24, 2.45) is 0 Å². The smallest absolute Gasteiger partial charge is 0.266 e. The molecular weight excluding hydrogens is 425 g/mol. The Kier molecular flexibility index (Phi) is 6.95. The first-order chi connectivity index (χ1) is 13.0. The molecule has 3 aromatic rings. The van der Waals surface area contributed by atoms with Gasteiger partial charge in [0.05, 0.1) is 5.02 Å². The number of nitrogens with one attached hydrogen (secondary N) is 1. The number of thioether (sulfide) groups is 1. The van der Waals surface area contributed by atoms with E-state index < -0.39 is 6.10 Å². The second-order valence-corrected chi connectivity index (χ2v) is 8.45. The second kappa shape index (κ2) is 9.41. The van der Waals surface area contributed by atoms with Gasteiger partial charge in [-0.15, -0.1) is 10.2 Å².